The molecule has 0 saturated carbocycles. The van der Waals surface area contributed by atoms with Crippen molar-refractivity contribution in [2.24, 2.45) is 5.92 Å². The van der Waals surface area contributed by atoms with Gasteiger partial charge in [0.15, 0.2) is 11.5 Å². The summed E-state index contributed by atoms with van der Waals surface area (Å²) in [5, 5.41) is 0. The van der Waals surface area contributed by atoms with E-state index < -0.39 is 0 Å². The van der Waals surface area contributed by atoms with Crippen molar-refractivity contribution in [3.63, 3.8) is 0 Å². The van der Waals surface area contributed by atoms with E-state index in [4.69, 9.17) is 9.47 Å². The minimum absolute atomic E-state index is 0.0916. The van der Waals surface area contributed by atoms with Crippen LogP contribution in [0.2, 0.25) is 0 Å². The summed E-state index contributed by atoms with van der Waals surface area (Å²) < 4.78 is 10.7. The average molecular weight is 277 g/mol. The highest BCUT2D eigenvalue weighted by Crippen LogP contribution is 2.32. The van der Waals surface area contributed by atoms with Crippen LogP contribution >= 0.6 is 0 Å². The van der Waals surface area contributed by atoms with Gasteiger partial charge >= 0.3 is 0 Å². The molecule has 1 atom stereocenters. The lowest BCUT2D eigenvalue weighted by Gasteiger charge is -2.24. The number of fused-ring (bicyclic) bond motifs is 1. The number of hydrogen-bond donors (Lipinski definition) is 0. The van der Waals surface area contributed by atoms with Gasteiger partial charge in [0.05, 0.1) is 0 Å². The zero-order valence-electron chi connectivity index (χ0n) is 12.5. The molecule has 0 bridgehead atoms. The molecule has 1 unspecified atom stereocenters. The number of amides is 1. The third-order valence-corrected chi connectivity index (χ3v) is 3.65. The highest BCUT2D eigenvalue weighted by atomic mass is 16.7. The van der Waals surface area contributed by atoms with Crippen LogP contribution in [0, 0.1) is 5.92 Å². The Morgan fingerprint density at radius 1 is 1.30 bits per heavy atom. The van der Waals surface area contributed by atoms with Crippen molar-refractivity contribution in [1.82, 2.24) is 4.90 Å². The quantitative estimate of drug-likeness (QED) is 0.801. The van der Waals surface area contributed by atoms with Crippen LogP contribution in [0.5, 0.6) is 11.5 Å². The normalized spacial score (nSPS) is 14.2. The zero-order valence-corrected chi connectivity index (χ0v) is 12.5. The first-order valence-corrected chi connectivity index (χ1v) is 7.33. The molecule has 1 amide bonds. The predicted molar refractivity (Wildman–Crippen MR) is 77.7 cm³/mol. The van der Waals surface area contributed by atoms with Crippen LogP contribution < -0.4 is 9.47 Å². The van der Waals surface area contributed by atoms with E-state index in [1.54, 1.807) is 0 Å². The van der Waals surface area contributed by atoms with E-state index >= 15 is 0 Å². The Labute approximate surface area is 120 Å². The number of carbonyl (C=O) groups is 1. The Morgan fingerprint density at radius 2 is 2.05 bits per heavy atom. The van der Waals surface area contributed by atoms with Crippen LogP contribution in [0.1, 0.15) is 39.2 Å². The van der Waals surface area contributed by atoms with Crippen LogP contribution in [0.3, 0.4) is 0 Å². The van der Waals surface area contributed by atoms with Gasteiger partial charge in [-0.1, -0.05) is 26.3 Å². The largest absolute Gasteiger partial charge is 0.454 e. The Bertz CT molecular complexity index is 473. The number of carbonyl (C=O) groups excluding carboxylic acids is 1. The molecular formula is C16H23NO3. The first-order chi connectivity index (χ1) is 9.65. The fourth-order valence-corrected chi connectivity index (χ4v) is 2.47. The Morgan fingerprint density at radius 3 is 2.75 bits per heavy atom. The average Bonchev–Trinajstić information content (AvgIpc) is 2.91. The van der Waals surface area contributed by atoms with Crippen molar-refractivity contribution in [3.05, 3.63) is 23.8 Å². The summed E-state index contributed by atoms with van der Waals surface area (Å²) in [4.78, 5) is 14.3. The predicted octanol–water partition coefficient (Wildman–Crippen LogP) is 3.20. The third-order valence-electron chi connectivity index (χ3n) is 3.65. The van der Waals surface area contributed by atoms with Gasteiger partial charge < -0.3 is 14.4 Å². The monoisotopic (exact) mass is 277 g/mol. The smallest absolute Gasteiger partial charge is 0.231 e. The molecule has 0 fully saturated rings. The molecule has 0 saturated heterocycles. The van der Waals surface area contributed by atoms with E-state index in [1.165, 1.54) is 0 Å². The van der Waals surface area contributed by atoms with Crippen molar-refractivity contribution in [3.8, 4) is 11.5 Å². The minimum atomic E-state index is 0.0916. The van der Waals surface area contributed by atoms with Crippen LogP contribution in [-0.2, 0) is 11.3 Å². The van der Waals surface area contributed by atoms with Crippen molar-refractivity contribution < 1.29 is 14.3 Å². The number of ether oxygens (including phenoxy) is 2. The standard InChI is InChI=1S/C16H23NO3/c1-4-6-12(3)16(18)17(5-2)10-13-7-8-14-15(9-13)20-11-19-14/h7-9,12H,4-6,10-11H2,1-3H3. The summed E-state index contributed by atoms with van der Waals surface area (Å²) in [6.07, 6.45) is 1.98. The molecule has 110 valence electrons. The Hall–Kier alpha value is -1.71. The SMILES string of the molecule is CCCC(C)C(=O)N(CC)Cc1ccc2c(c1)OCO2. The first kappa shape index (κ1) is 14.7. The first-order valence-electron chi connectivity index (χ1n) is 7.33. The Kier molecular flexibility index (Phi) is 4.88. The molecule has 0 aliphatic carbocycles. The molecule has 0 N–H and O–H groups in total. The molecule has 1 aromatic rings. The summed E-state index contributed by atoms with van der Waals surface area (Å²) in [7, 11) is 0. The maximum Gasteiger partial charge on any atom is 0.231 e. The second-order valence-electron chi connectivity index (χ2n) is 5.23. The number of hydrogen-bond acceptors (Lipinski definition) is 3. The summed E-state index contributed by atoms with van der Waals surface area (Å²) >= 11 is 0. The molecule has 1 aliphatic rings. The number of nitrogens with zero attached hydrogens (tertiary/aromatic N) is 1. The van der Waals surface area contributed by atoms with Gasteiger partial charge in [-0.15, -0.1) is 0 Å². The van der Waals surface area contributed by atoms with Crippen LogP contribution in [0.25, 0.3) is 0 Å². The molecule has 2 rings (SSSR count). The third kappa shape index (κ3) is 3.24. The fourth-order valence-electron chi connectivity index (χ4n) is 2.47. The van der Waals surface area contributed by atoms with E-state index in [0.29, 0.717) is 6.54 Å². The van der Waals surface area contributed by atoms with Gasteiger partial charge in [-0.05, 0) is 31.0 Å². The van der Waals surface area contributed by atoms with Crippen LogP contribution in [0.15, 0.2) is 18.2 Å². The second kappa shape index (κ2) is 6.64. The van der Waals surface area contributed by atoms with E-state index in [-0.39, 0.29) is 18.6 Å². The lowest BCUT2D eigenvalue weighted by molar-refractivity contribution is -0.135. The zero-order chi connectivity index (χ0) is 14.5. The summed E-state index contributed by atoms with van der Waals surface area (Å²) in [6, 6.07) is 5.86. The summed E-state index contributed by atoms with van der Waals surface area (Å²) in [5.74, 6) is 1.87. The van der Waals surface area contributed by atoms with Gasteiger partial charge in [0.25, 0.3) is 0 Å². The molecule has 1 aliphatic heterocycles. The minimum Gasteiger partial charge on any atom is -0.454 e. The second-order valence-corrected chi connectivity index (χ2v) is 5.23. The van der Waals surface area contributed by atoms with Gasteiger partial charge in [0.1, 0.15) is 0 Å². The van der Waals surface area contributed by atoms with E-state index in [2.05, 4.69) is 6.92 Å². The molecule has 1 aromatic carbocycles. The summed E-state index contributed by atoms with van der Waals surface area (Å²) in [5.41, 5.74) is 1.08. The van der Waals surface area contributed by atoms with Crippen molar-refractivity contribution in [2.45, 2.75) is 40.2 Å². The molecule has 0 aromatic heterocycles. The lowest BCUT2D eigenvalue weighted by atomic mass is 10.0. The number of rotatable bonds is 6. The highest BCUT2D eigenvalue weighted by molar-refractivity contribution is 5.78. The van der Waals surface area contributed by atoms with Gasteiger partial charge in [-0.2, -0.15) is 0 Å². The summed E-state index contributed by atoms with van der Waals surface area (Å²) in [6.45, 7) is 7.76. The maximum atomic E-state index is 12.4. The molecule has 20 heavy (non-hydrogen) atoms. The molecule has 4 heteroatoms. The fraction of sp³-hybridized carbons (Fsp3) is 0.562. The molecule has 0 spiro atoms. The van der Waals surface area contributed by atoms with E-state index in [0.717, 1.165) is 36.4 Å². The van der Waals surface area contributed by atoms with Crippen LogP contribution in [-0.4, -0.2) is 24.1 Å². The Balaban J connectivity index is 2.04. The molecule has 1 heterocycles. The van der Waals surface area contributed by atoms with Crippen molar-refractivity contribution >= 4 is 5.91 Å². The van der Waals surface area contributed by atoms with Crippen molar-refractivity contribution in [2.75, 3.05) is 13.3 Å². The van der Waals surface area contributed by atoms with Crippen molar-refractivity contribution in [1.29, 1.82) is 0 Å². The van der Waals surface area contributed by atoms with E-state index in [1.807, 2.05) is 36.9 Å². The molecule has 0 radical (unpaired) electrons. The maximum absolute atomic E-state index is 12.4. The molecule has 4 nitrogen and oxygen atoms in total. The van der Waals surface area contributed by atoms with Gasteiger partial charge in [0.2, 0.25) is 12.7 Å². The topological polar surface area (TPSA) is 38.8 Å². The van der Waals surface area contributed by atoms with Gasteiger partial charge in [-0.3, -0.25) is 4.79 Å². The molecular weight excluding hydrogens is 254 g/mol. The lowest BCUT2D eigenvalue weighted by Crippen LogP contribution is -2.34. The van der Waals surface area contributed by atoms with E-state index in [9.17, 15) is 4.79 Å². The highest BCUT2D eigenvalue weighted by Gasteiger charge is 2.20. The van der Waals surface area contributed by atoms with Crippen LogP contribution in [0.4, 0.5) is 0 Å². The van der Waals surface area contributed by atoms with Gasteiger partial charge in [-0.25, -0.2) is 0 Å². The van der Waals surface area contributed by atoms with Gasteiger partial charge in [0, 0.05) is 19.0 Å². The number of benzene rings is 1.